The molecule has 0 amide bonds. The lowest BCUT2D eigenvalue weighted by molar-refractivity contribution is 0.383. The summed E-state index contributed by atoms with van der Waals surface area (Å²) in [6, 6.07) is 14.1. The molecule has 2 bridgehead atoms. The summed E-state index contributed by atoms with van der Waals surface area (Å²) in [4.78, 5) is 0.406. The number of hydrogen-bond donors (Lipinski definition) is 1. The van der Waals surface area contributed by atoms with Crippen LogP contribution in [-0.2, 0) is 10.0 Å². The van der Waals surface area contributed by atoms with Crippen LogP contribution in [0.1, 0.15) is 19.3 Å². The van der Waals surface area contributed by atoms with E-state index in [1.165, 1.54) is 6.42 Å². The summed E-state index contributed by atoms with van der Waals surface area (Å²) in [6.07, 6.45) is 3.16. The molecule has 2 atom stereocenters. The van der Waals surface area contributed by atoms with Gasteiger partial charge in [-0.25, -0.2) is 8.42 Å². The highest BCUT2D eigenvalue weighted by molar-refractivity contribution is 7.89. The number of nitrogens with zero attached hydrogens (tertiary/aromatic N) is 1. The zero-order chi connectivity index (χ0) is 15.2. The molecule has 4 nitrogen and oxygen atoms in total. The molecule has 2 aliphatic heterocycles. The van der Waals surface area contributed by atoms with Gasteiger partial charge in [-0.15, -0.1) is 0 Å². The van der Waals surface area contributed by atoms with Crippen LogP contribution in [-0.4, -0.2) is 37.9 Å². The van der Waals surface area contributed by atoms with Crippen LogP contribution in [0.15, 0.2) is 47.4 Å². The Labute approximate surface area is 131 Å². The largest absolute Gasteiger partial charge is 0.310 e. The molecule has 2 fully saturated rings. The third-order valence-corrected chi connectivity index (χ3v) is 6.71. The molecule has 0 aromatic heterocycles. The van der Waals surface area contributed by atoms with E-state index in [2.05, 4.69) is 5.32 Å². The predicted octanol–water partition coefficient (Wildman–Crippen LogP) is 2.35. The van der Waals surface area contributed by atoms with Crippen LogP contribution in [0.5, 0.6) is 0 Å². The van der Waals surface area contributed by atoms with Gasteiger partial charge in [-0.05, 0) is 42.2 Å². The molecule has 5 heteroatoms. The quantitative estimate of drug-likeness (QED) is 0.925. The number of sulfonamides is 1. The van der Waals surface area contributed by atoms with Crippen molar-refractivity contribution in [3.8, 4) is 0 Å². The molecule has 1 N–H and O–H groups in total. The number of benzene rings is 2. The summed E-state index contributed by atoms with van der Waals surface area (Å²) in [5.41, 5.74) is 0. The van der Waals surface area contributed by atoms with Gasteiger partial charge < -0.3 is 5.32 Å². The van der Waals surface area contributed by atoms with E-state index < -0.39 is 10.0 Å². The molecular weight excluding hydrogens is 296 g/mol. The first-order valence-electron chi connectivity index (χ1n) is 7.88. The van der Waals surface area contributed by atoms with Crippen LogP contribution in [0.2, 0.25) is 0 Å². The summed E-state index contributed by atoms with van der Waals surface area (Å²) in [6.45, 7) is 1.20. The van der Waals surface area contributed by atoms with Crippen LogP contribution in [0.3, 0.4) is 0 Å². The molecule has 0 radical (unpaired) electrons. The van der Waals surface area contributed by atoms with E-state index in [0.717, 1.165) is 23.6 Å². The summed E-state index contributed by atoms with van der Waals surface area (Å²) in [5.74, 6) is 0. The molecular formula is C17H20N2O2S. The zero-order valence-electron chi connectivity index (χ0n) is 12.4. The van der Waals surface area contributed by atoms with E-state index in [0.29, 0.717) is 30.1 Å². The van der Waals surface area contributed by atoms with E-state index in [4.69, 9.17) is 0 Å². The number of nitrogens with one attached hydrogen (secondary N) is 1. The van der Waals surface area contributed by atoms with Gasteiger partial charge in [0.15, 0.2) is 0 Å². The Morgan fingerprint density at radius 3 is 2.59 bits per heavy atom. The first-order chi connectivity index (χ1) is 10.6. The highest BCUT2D eigenvalue weighted by Crippen LogP contribution is 2.26. The maximum Gasteiger partial charge on any atom is 0.243 e. The second-order valence-corrected chi connectivity index (χ2v) is 8.24. The topological polar surface area (TPSA) is 49.4 Å². The normalized spacial score (nSPS) is 26.2. The van der Waals surface area contributed by atoms with Crippen molar-refractivity contribution < 1.29 is 8.42 Å². The second-order valence-electron chi connectivity index (χ2n) is 6.30. The van der Waals surface area contributed by atoms with Crippen molar-refractivity contribution in [1.82, 2.24) is 9.62 Å². The number of hydrogen-bond acceptors (Lipinski definition) is 3. The molecule has 22 heavy (non-hydrogen) atoms. The third-order valence-electron chi connectivity index (χ3n) is 4.84. The molecule has 2 heterocycles. The maximum atomic E-state index is 13.0. The molecule has 2 aromatic carbocycles. The molecule has 2 aromatic rings. The Kier molecular flexibility index (Phi) is 3.44. The van der Waals surface area contributed by atoms with E-state index in [1.54, 1.807) is 16.4 Å². The molecule has 2 aliphatic rings. The fourth-order valence-corrected chi connectivity index (χ4v) is 5.14. The van der Waals surface area contributed by atoms with Crippen molar-refractivity contribution in [1.29, 1.82) is 0 Å². The smallest absolute Gasteiger partial charge is 0.243 e. The van der Waals surface area contributed by atoms with Crippen molar-refractivity contribution in [2.75, 3.05) is 13.1 Å². The fourth-order valence-electron chi connectivity index (χ4n) is 3.61. The summed E-state index contributed by atoms with van der Waals surface area (Å²) in [5, 5.41) is 5.57. The Morgan fingerprint density at radius 1 is 0.955 bits per heavy atom. The van der Waals surface area contributed by atoms with Crippen LogP contribution < -0.4 is 5.32 Å². The van der Waals surface area contributed by atoms with Crippen molar-refractivity contribution in [3.05, 3.63) is 42.5 Å². The predicted molar refractivity (Wildman–Crippen MR) is 87.3 cm³/mol. The lowest BCUT2D eigenvalue weighted by Gasteiger charge is -2.23. The molecule has 116 valence electrons. The molecule has 2 saturated heterocycles. The molecule has 4 rings (SSSR count). The summed E-state index contributed by atoms with van der Waals surface area (Å²) in [7, 11) is -3.41. The van der Waals surface area contributed by atoms with E-state index in [1.807, 2.05) is 30.3 Å². The van der Waals surface area contributed by atoms with E-state index in [-0.39, 0.29) is 0 Å². The van der Waals surface area contributed by atoms with Gasteiger partial charge in [-0.3, -0.25) is 0 Å². The van der Waals surface area contributed by atoms with Gasteiger partial charge in [0, 0.05) is 25.2 Å². The minimum absolute atomic E-state index is 0.308. The standard InChI is InChI=1S/C17H20N2O2S/c20-22(21,19-10-9-15-6-7-16(12-19)18-15)17-8-5-13-3-1-2-4-14(13)11-17/h1-5,8,11,15-16,18H,6-7,9-10,12H2. The van der Waals surface area contributed by atoms with Crippen LogP contribution in [0, 0.1) is 0 Å². The van der Waals surface area contributed by atoms with Gasteiger partial charge in [0.1, 0.15) is 0 Å². The van der Waals surface area contributed by atoms with Crippen molar-refractivity contribution in [3.63, 3.8) is 0 Å². The highest BCUT2D eigenvalue weighted by atomic mass is 32.2. The van der Waals surface area contributed by atoms with Gasteiger partial charge in [-0.1, -0.05) is 30.3 Å². The number of fused-ring (bicyclic) bond motifs is 3. The molecule has 0 saturated carbocycles. The zero-order valence-corrected chi connectivity index (χ0v) is 13.2. The Hall–Kier alpha value is -1.43. The SMILES string of the molecule is O=S(=O)(c1ccc2ccccc2c1)N1CCC2CCC(C1)N2. The lowest BCUT2D eigenvalue weighted by Crippen LogP contribution is -2.39. The van der Waals surface area contributed by atoms with Crippen LogP contribution >= 0.6 is 0 Å². The van der Waals surface area contributed by atoms with Crippen molar-refractivity contribution in [2.24, 2.45) is 0 Å². The van der Waals surface area contributed by atoms with Gasteiger partial charge in [-0.2, -0.15) is 4.31 Å². The Balaban J connectivity index is 1.69. The monoisotopic (exact) mass is 316 g/mol. The summed E-state index contributed by atoms with van der Waals surface area (Å²) >= 11 is 0. The molecule has 2 unspecified atom stereocenters. The van der Waals surface area contributed by atoms with Crippen LogP contribution in [0.25, 0.3) is 10.8 Å². The number of rotatable bonds is 2. The fraction of sp³-hybridized carbons (Fsp3) is 0.412. The Bertz CT molecular complexity index is 803. The highest BCUT2D eigenvalue weighted by Gasteiger charge is 2.34. The van der Waals surface area contributed by atoms with E-state index >= 15 is 0 Å². The van der Waals surface area contributed by atoms with Crippen molar-refractivity contribution >= 4 is 20.8 Å². The second kappa shape index (κ2) is 5.33. The Morgan fingerprint density at radius 2 is 1.73 bits per heavy atom. The van der Waals surface area contributed by atoms with E-state index in [9.17, 15) is 8.42 Å². The molecule has 0 spiro atoms. The molecule has 0 aliphatic carbocycles. The maximum absolute atomic E-state index is 13.0. The van der Waals surface area contributed by atoms with Gasteiger partial charge in [0.2, 0.25) is 10.0 Å². The van der Waals surface area contributed by atoms with Crippen LogP contribution in [0.4, 0.5) is 0 Å². The van der Waals surface area contributed by atoms with Crippen molar-refractivity contribution in [2.45, 2.75) is 36.2 Å². The lowest BCUT2D eigenvalue weighted by atomic mass is 10.1. The van der Waals surface area contributed by atoms with Gasteiger partial charge >= 0.3 is 0 Å². The third kappa shape index (κ3) is 2.43. The van der Waals surface area contributed by atoms with Gasteiger partial charge in [0.25, 0.3) is 0 Å². The first kappa shape index (κ1) is 14.2. The first-order valence-corrected chi connectivity index (χ1v) is 9.32. The van der Waals surface area contributed by atoms with Gasteiger partial charge in [0.05, 0.1) is 4.90 Å². The minimum Gasteiger partial charge on any atom is -0.310 e. The minimum atomic E-state index is -3.41. The summed E-state index contributed by atoms with van der Waals surface area (Å²) < 4.78 is 27.6. The average Bonchev–Trinajstić information content (AvgIpc) is 2.85. The average molecular weight is 316 g/mol.